The van der Waals surface area contributed by atoms with Crippen LogP contribution in [0.1, 0.15) is 12.5 Å². The molecule has 0 aliphatic rings. The Labute approximate surface area is 157 Å². The lowest BCUT2D eigenvalue weighted by molar-refractivity contribution is -0.274. The highest BCUT2D eigenvalue weighted by atomic mass is 19.4. The van der Waals surface area contributed by atoms with Crippen molar-refractivity contribution in [3.63, 3.8) is 0 Å². The minimum absolute atomic E-state index is 0.190. The van der Waals surface area contributed by atoms with Crippen molar-refractivity contribution in [1.82, 2.24) is 14.1 Å². The van der Waals surface area contributed by atoms with Gasteiger partial charge in [-0.25, -0.2) is 14.3 Å². The smallest absolute Gasteiger partial charge is 0.493 e. The maximum Gasteiger partial charge on any atom is 0.573 e. The highest BCUT2D eigenvalue weighted by Crippen LogP contribution is 2.24. The predicted molar refractivity (Wildman–Crippen MR) is 95.9 cm³/mol. The minimum atomic E-state index is -4.81. The number of nitrogens with one attached hydrogen (secondary N) is 1. The van der Waals surface area contributed by atoms with Crippen molar-refractivity contribution in [3.8, 4) is 17.3 Å². The van der Waals surface area contributed by atoms with E-state index in [0.717, 1.165) is 22.3 Å². The molecule has 0 amide bonds. The number of hydrogen-bond acceptors (Lipinski definition) is 5. The van der Waals surface area contributed by atoms with Crippen LogP contribution in [0.3, 0.4) is 0 Å². The SMILES string of the molecule is CCNc1cc(Cn2cc(O)n(-c3ccc(OC(F)(F)F)cc3)c2=O)ccn1. The predicted octanol–water partition coefficient (Wildman–Crippen LogP) is 3.12. The summed E-state index contributed by atoms with van der Waals surface area (Å²) >= 11 is 0. The number of aromatic nitrogens is 3. The number of ether oxygens (including phenoxy) is 1. The Bertz CT molecular complexity index is 1010. The Hall–Kier alpha value is -3.43. The summed E-state index contributed by atoms with van der Waals surface area (Å²) in [5.74, 6) is -0.0941. The summed E-state index contributed by atoms with van der Waals surface area (Å²) in [5.41, 5.74) is 0.460. The Kier molecular flexibility index (Phi) is 5.30. The van der Waals surface area contributed by atoms with Crippen molar-refractivity contribution < 1.29 is 23.0 Å². The van der Waals surface area contributed by atoms with Crippen molar-refractivity contribution in [3.05, 3.63) is 64.8 Å². The monoisotopic (exact) mass is 394 g/mol. The van der Waals surface area contributed by atoms with Crippen LogP contribution in [0.15, 0.2) is 53.6 Å². The highest BCUT2D eigenvalue weighted by molar-refractivity contribution is 5.40. The lowest BCUT2D eigenvalue weighted by Crippen LogP contribution is -2.23. The molecule has 3 aromatic rings. The number of imidazole rings is 1. The van der Waals surface area contributed by atoms with Gasteiger partial charge in [-0.2, -0.15) is 0 Å². The number of alkyl halides is 3. The number of hydrogen-bond donors (Lipinski definition) is 2. The molecule has 2 aromatic heterocycles. The van der Waals surface area contributed by atoms with E-state index in [9.17, 15) is 23.1 Å². The van der Waals surface area contributed by atoms with Crippen molar-refractivity contribution in [2.45, 2.75) is 19.8 Å². The zero-order valence-corrected chi connectivity index (χ0v) is 14.8. The first-order valence-corrected chi connectivity index (χ1v) is 8.33. The summed E-state index contributed by atoms with van der Waals surface area (Å²) in [7, 11) is 0. The van der Waals surface area contributed by atoms with Gasteiger partial charge in [0, 0.05) is 12.7 Å². The second-order valence-electron chi connectivity index (χ2n) is 5.85. The first-order chi connectivity index (χ1) is 13.3. The summed E-state index contributed by atoms with van der Waals surface area (Å²) < 4.78 is 42.8. The second kappa shape index (κ2) is 7.67. The maximum atomic E-state index is 12.6. The van der Waals surface area contributed by atoms with Crippen molar-refractivity contribution >= 4 is 5.82 Å². The summed E-state index contributed by atoms with van der Waals surface area (Å²) in [6.45, 7) is 2.82. The van der Waals surface area contributed by atoms with E-state index in [2.05, 4.69) is 15.0 Å². The van der Waals surface area contributed by atoms with E-state index >= 15 is 0 Å². The van der Waals surface area contributed by atoms with Gasteiger partial charge < -0.3 is 15.2 Å². The van der Waals surface area contributed by atoms with E-state index in [1.807, 2.05) is 6.92 Å². The van der Waals surface area contributed by atoms with E-state index in [0.29, 0.717) is 12.4 Å². The zero-order valence-electron chi connectivity index (χ0n) is 14.8. The molecule has 0 spiro atoms. The molecule has 3 rings (SSSR count). The van der Waals surface area contributed by atoms with E-state index in [1.165, 1.54) is 22.9 Å². The quantitative estimate of drug-likeness (QED) is 0.672. The van der Waals surface area contributed by atoms with Gasteiger partial charge in [0.05, 0.1) is 18.4 Å². The number of pyridine rings is 1. The van der Waals surface area contributed by atoms with E-state index in [-0.39, 0.29) is 18.1 Å². The van der Waals surface area contributed by atoms with Crippen LogP contribution in [0.5, 0.6) is 11.6 Å². The molecule has 28 heavy (non-hydrogen) atoms. The van der Waals surface area contributed by atoms with Crippen LogP contribution < -0.4 is 15.7 Å². The van der Waals surface area contributed by atoms with Gasteiger partial charge in [0.2, 0.25) is 5.88 Å². The second-order valence-corrected chi connectivity index (χ2v) is 5.85. The maximum absolute atomic E-state index is 12.6. The largest absolute Gasteiger partial charge is 0.573 e. The molecule has 2 heterocycles. The Balaban J connectivity index is 1.86. The van der Waals surface area contributed by atoms with Crippen molar-refractivity contribution in [2.24, 2.45) is 0 Å². The van der Waals surface area contributed by atoms with Crippen LogP contribution in [-0.2, 0) is 6.54 Å². The van der Waals surface area contributed by atoms with Crippen LogP contribution >= 0.6 is 0 Å². The Morgan fingerprint density at radius 1 is 1.21 bits per heavy atom. The molecule has 2 N–H and O–H groups in total. The average Bonchev–Trinajstić information content (AvgIpc) is 2.89. The molecule has 0 saturated carbocycles. The van der Waals surface area contributed by atoms with E-state index in [1.54, 1.807) is 18.3 Å². The van der Waals surface area contributed by atoms with Crippen molar-refractivity contribution in [1.29, 1.82) is 0 Å². The number of halogens is 3. The van der Waals surface area contributed by atoms with Crippen LogP contribution in [0.4, 0.5) is 19.0 Å². The first kappa shape index (κ1) is 19.3. The Morgan fingerprint density at radius 2 is 1.93 bits per heavy atom. The molecule has 0 atom stereocenters. The fraction of sp³-hybridized carbons (Fsp3) is 0.222. The third kappa shape index (κ3) is 4.45. The third-order valence-corrected chi connectivity index (χ3v) is 3.80. The van der Waals surface area contributed by atoms with Gasteiger partial charge in [-0.15, -0.1) is 13.2 Å². The molecule has 0 saturated heterocycles. The van der Waals surface area contributed by atoms with Gasteiger partial charge in [-0.3, -0.25) is 4.57 Å². The number of benzene rings is 1. The Morgan fingerprint density at radius 3 is 2.57 bits per heavy atom. The molecule has 0 aliphatic carbocycles. The number of aromatic hydroxyl groups is 1. The summed E-state index contributed by atoms with van der Waals surface area (Å²) in [5, 5.41) is 13.2. The molecule has 0 bridgehead atoms. The molecule has 1 aromatic carbocycles. The lowest BCUT2D eigenvalue weighted by atomic mass is 10.2. The first-order valence-electron chi connectivity index (χ1n) is 8.33. The summed E-state index contributed by atoms with van der Waals surface area (Å²) in [6, 6.07) is 8.16. The number of anilines is 1. The molecule has 0 fully saturated rings. The topological polar surface area (TPSA) is 81.3 Å². The fourth-order valence-corrected chi connectivity index (χ4v) is 2.68. The standard InChI is InChI=1S/C18H17F3N4O3/c1-2-22-15-9-12(7-8-23-15)10-24-11-16(26)25(17(24)27)13-3-5-14(6-4-13)28-18(19,20)21/h3-9,11,26H,2,10H2,1H3,(H,22,23). The molecule has 0 radical (unpaired) electrons. The minimum Gasteiger partial charge on any atom is -0.493 e. The summed E-state index contributed by atoms with van der Waals surface area (Å²) in [6.07, 6.45) is -1.94. The molecular weight excluding hydrogens is 377 g/mol. The van der Waals surface area contributed by atoms with Gasteiger partial charge in [0.15, 0.2) is 0 Å². The molecule has 10 heteroatoms. The third-order valence-electron chi connectivity index (χ3n) is 3.80. The van der Waals surface area contributed by atoms with Crippen molar-refractivity contribution in [2.75, 3.05) is 11.9 Å². The average molecular weight is 394 g/mol. The zero-order chi connectivity index (χ0) is 20.3. The van der Waals surface area contributed by atoms with Gasteiger partial charge in [0.25, 0.3) is 0 Å². The molecule has 0 unspecified atom stereocenters. The van der Waals surface area contributed by atoms with Crippen LogP contribution in [0.25, 0.3) is 5.69 Å². The molecule has 148 valence electrons. The fourth-order valence-electron chi connectivity index (χ4n) is 2.68. The highest BCUT2D eigenvalue weighted by Gasteiger charge is 2.31. The number of rotatable bonds is 6. The van der Waals surface area contributed by atoms with Gasteiger partial charge >= 0.3 is 12.1 Å². The summed E-state index contributed by atoms with van der Waals surface area (Å²) in [4.78, 5) is 16.8. The molecule has 7 nitrogen and oxygen atoms in total. The van der Waals surface area contributed by atoms with Crippen LogP contribution in [0.2, 0.25) is 0 Å². The lowest BCUT2D eigenvalue weighted by Gasteiger charge is -2.09. The van der Waals surface area contributed by atoms with E-state index in [4.69, 9.17) is 0 Å². The van der Waals surface area contributed by atoms with Crippen LogP contribution in [0, 0.1) is 0 Å². The van der Waals surface area contributed by atoms with Crippen LogP contribution in [-0.4, -0.2) is 32.1 Å². The molecule has 0 aliphatic heterocycles. The van der Waals surface area contributed by atoms with Gasteiger partial charge in [0.1, 0.15) is 11.6 Å². The van der Waals surface area contributed by atoms with Gasteiger partial charge in [-0.1, -0.05) is 0 Å². The van der Waals surface area contributed by atoms with E-state index < -0.39 is 17.8 Å². The normalized spacial score (nSPS) is 11.4. The molecular formula is C18H17F3N4O3. The van der Waals surface area contributed by atoms with Gasteiger partial charge in [-0.05, 0) is 48.9 Å². The number of nitrogens with zero attached hydrogens (tertiary/aromatic N) is 3.